The van der Waals surface area contributed by atoms with Crippen LogP contribution in [0.2, 0.25) is 0 Å². The lowest BCUT2D eigenvalue weighted by molar-refractivity contribution is -0.123. The molecule has 2 amide bonds. The predicted octanol–water partition coefficient (Wildman–Crippen LogP) is 1.57. The first kappa shape index (κ1) is 22.2. The van der Waals surface area contributed by atoms with Crippen molar-refractivity contribution in [3.63, 3.8) is 0 Å². The molecule has 6 nitrogen and oxygen atoms in total. The molecule has 3 N–H and O–H groups in total. The number of carbonyl (C=O) groups excluding carboxylic acids is 2. The number of rotatable bonds is 8. The van der Waals surface area contributed by atoms with Gasteiger partial charge in [-0.05, 0) is 24.3 Å². The summed E-state index contributed by atoms with van der Waals surface area (Å²) in [5, 5.41) is 7.21. The van der Waals surface area contributed by atoms with Crippen molar-refractivity contribution < 1.29 is 27.5 Å². The Bertz CT molecular complexity index is 524. The van der Waals surface area contributed by atoms with Crippen LogP contribution in [0.1, 0.15) is 10.4 Å². The second-order valence-electron chi connectivity index (χ2n) is 4.59. The van der Waals surface area contributed by atoms with E-state index in [0.717, 1.165) is 0 Å². The van der Waals surface area contributed by atoms with E-state index < -0.39 is 18.6 Å². The van der Waals surface area contributed by atoms with Gasteiger partial charge in [-0.2, -0.15) is 13.2 Å². The molecule has 1 aromatic rings. The first-order chi connectivity index (χ1) is 10.8. The molecule has 0 aliphatic carbocycles. The quantitative estimate of drug-likeness (QED) is 0.608. The van der Waals surface area contributed by atoms with Crippen LogP contribution < -0.4 is 16.0 Å². The summed E-state index contributed by atoms with van der Waals surface area (Å²) in [6.07, 6.45) is -4.46. The Hall–Kier alpha value is -1.84. The Morgan fingerprint density at radius 3 is 2.33 bits per heavy atom. The van der Waals surface area contributed by atoms with E-state index in [9.17, 15) is 22.8 Å². The van der Waals surface area contributed by atoms with Gasteiger partial charge in [0.25, 0.3) is 5.91 Å². The van der Waals surface area contributed by atoms with Crippen LogP contribution in [0.3, 0.4) is 0 Å². The lowest BCUT2D eigenvalue weighted by Crippen LogP contribution is -2.33. The minimum atomic E-state index is -4.46. The highest BCUT2D eigenvalue weighted by Gasteiger charge is 2.27. The van der Waals surface area contributed by atoms with Crippen LogP contribution in [0.4, 0.5) is 18.9 Å². The number of halogens is 4. The van der Waals surface area contributed by atoms with E-state index in [-0.39, 0.29) is 30.4 Å². The van der Waals surface area contributed by atoms with Crippen LogP contribution in [0.25, 0.3) is 0 Å². The summed E-state index contributed by atoms with van der Waals surface area (Å²) in [5.74, 6) is -1.11. The van der Waals surface area contributed by atoms with Crippen molar-refractivity contribution in [2.24, 2.45) is 0 Å². The van der Waals surface area contributed by atoms with E-state index in [1.165, 1.54) is 24.3 Å². The third-order valence-electron chi connectivity index (χ3n) is 2.65. The zero-order chi connectivity index (χ0) is 17.3. The molecule has 0 radical (unpaired) electrons. The van der Waals surface area contributed by atoms with E-state index >= 15 is 0 Å². The average molecular weight is 370 g/mol. The second kappa shape index (κ2) is 10.8. The highest BCUT2D eigenvalue weighted by Crippen LogP contribution is 2.13. The fraction of sp³-hybridized carbons (Fsp3) is 0.429. The van der Waals surface area contributed by atoms with Gasteiger partial charge < -0.3 is 20.7 Å². The molecule has 0 spiro atoms. The van der Waals surface area contributed by atoms with Crippen molar-refractivity contribution in [1.29, 1.82) is 0 Å². The Morgan fingerprint density at radius 2 is 1.79 bits per heavy atom. The number of carbonyl (C=O) groups is 2. The minimum Gasteiger partial charge on any atom is -0.383 e. The smallest absolute Gasteiger partial charge is 0.383 e. The molecule has 24 heavy (non-hydrogen) atoms. The Kier molecular flexibility index (Phi) is 10.0. The predicted molar refractivity (Wildman–Crippen MR) is 85.5 cm³/mol. The maximum atomic E-state index is 12.0. The van der Waals surface area contributed by atoms with Crippen molar-refractivity contribution in [2.45, 2.75) is 6.18 Å². The van der Waals surface area contributed by atoms with Gasteiger partial charge in [0.1, 0.15) is 6.54 Å². The molecular formula is C14H19ClF3N3O3. The highest BCUT2D eigenvalue weighted by molar-refractivity contribution is 5.96. The highest BCUT2D eigenvalue weighted by atomic mass is 35.5. The monoisotopic (exact) mass is 369 g/mol. The number of nitrogens with one attached hydrogen (secondary N) is 3. The summed E-state index contributed by atoms with van der Waals surface area (Å²) in [6, 6.07) is 5.55. The number of amides is 2. The zero-order valence-electron chi connectivity index (χ0n) is 12.9. The van der Waals surface area contributed by atoms with Crippen molar-refractivity contribution >= 4 is 29.9 Å². The summed E-state index contributed by atoms with van der Waals surface area (Å²) in [4.78, 5) is 23.1. The molecule has 0 aliphatic heterocycles. The standard InChI is InChI=1S/C14H18F3N3O3.ClH/c1-23-7-6-18-8-12(21)20-11-4-2-10(3-5-11)13(22)19-9-14(15,16)17;/h2-5,18H,6-9H2,1H3,(H,19,22)(H,20,21);1H. The lowest BCUT2D eigenvalue weighted by Gasteiger charge is -2.09. The number of alkyl halides is 3. The number of benzene rings is 1. The molecule has 0 saturated carbocycles. The largest absolute Gasteiger partial charge is 0.405 e. The number of hydrogen-bond donors (Lipinski definition) is 3. The summed E-state index contributed by atoms with van der Waals surface area (Å²) < 4.78 is 40.9. The fourth-order valence-corrected chi connectivity index (χ4v) is 1.57. The number of anilines is 1. The average Bonchev–Trinajstić information content (AvgIpc) is 2.49. The van der Waals surface area contributed by atoms with E-state index in [4.69, 9.17) is 4.74 Å². The Morgan fingerprint density at radius 1 is 1.17 bits per heavy atom. The molecule has 0 aromatic heterocycles. The normalized spacial score (nSPS) is 10.7. The summed E-state index contributed by atoms with van der Waals surface area (Å²) in [7, 11) is 1.55. The fourth-order valence-electron chi connectivity index (χ4n) is 1.57. The van der Waals surface area contributed by atoms with E-state index in [1.807, 2.05) is 0 Å². The van der Waals surface area contributed by atoms with Crippen LogP contribution in [0.5, 0.6) is 0 Å². The number of hydrogen-bond acceptors (Lipinski definition) is 4. The van der Waals surface area contributed by atoms with Crippen molar-refractivity contribution in [3.05, 3.63) is 29.8 Å². The number of methoxy groups -OCH3 is 1. The molecule has 10 heteroatoms. The minimum absolute atomic E-state index is 0. The van der Waals surface area contributed by atoms with Crippen LogP contribution >= 0.6 is 12.4 Å². The van der Waals surface area contributed by atoms with Gasteiger partial charge in [-0.3, -0.25) is 9.59 Å². The van der Waals surface area contributed by atoms with Crippen LogP contribution in [0, 0.1) is 0 Å². The van der Waals surface area contributed by atoms with Crippen molar-refractivity contribution in [3.8, 4) is 0 Å². The molecule has 136 valence electrons. The SMILES string of the molecule is COCCNCC(=O)Nc1ccc(C(=O)NCC(F)(F)F)cc1.Cl. The molecule has 0 saturated heterocycles. The lowest BCUT2D eigenvalue weighted by atomic mass is 10.2. The van der Waals surface area contributed by atoms with Crippen molar-refractivity contribution in [2.75, 3.05) is 38.7 Å². The Labute approximate surface area is 143 Å². The van der Waals surface area contributed by atoms with Gasteiger partial charge in [0.15, 0.2) is 0 Å². The van der Waals surface area contributed by atoms with Crippen LogP contribution in [-0.4, -0.2) is 51.3 Å². The molecule has 0 unspecified atom stereocenters. The summed E-state index contributed by atoms with van der Waals surface area (Å²) in [5.41, 5.74) is 0.515. The molecule has 0 fully saturated rings. The van der Waals surface area contributed by atoms with E-state index in [2.05, 4.69) is 10.6 Å². The molecule has 0 aliphatic rings. The maximum absolute atomic E-state index is 12.0. The Balaban J connectivity index is 0.00000529. The van der Waals surface area contributed by atoms with Crippen molar-refractivity contribution in [1.82, 2.24) is 10.6 Å². The van der Waals surface area contributed by atoms with Crippen LogP contribution in [-0.2, 0) is 9.53 Å². The summed E-state index contributed by atoms with van der Waals surface area (Å²) in [6.45, 7) is -0.286. The molecule has 0 atom stereocenters. The molecule has 1 rings (SSSR count). The second-order valence-corrected chi connectivity index (χ2v) is 4.59. The van der Waals surface area contributed by atoms with Gasteiger partial charge in [0, 0.05) is 24.9 Å². The summed E-state index contributed by atoms with van der Waals surface area (Å²) >= 11 is 0. The first-order valence-electron chi connectivity index (χ1n) is 6.76. The van der Waals surface area contributed by atoms with Gasteiger partial charge in [-0.15, -0.1) is 12.4 Å². The van der Waals surface area contributed by atoms with Gasteiger partial charge >= 0.3 is 6.18 Å². The maximum Gasteiger partial charge on any atom is 0.405 e. The van der Waals surface area contributed by atoms with Crippen LogP contribution in [0.15, 0.2) is 24.3 Å². The molecule has 1 aromatic carbocycles. The van der Waals surface area contributed by atoms with Gasteiger partial charge in [0.2, 0.25) is 5.91 Å². The number of ether oxygens (including phenoxy) is 1. The third kappa shape index (κ3) is 9.33. The van der Waals surface area contributed by atoms with E-state index in [1.54, 1.807) is 12.4 Å². The van der Waals surface area contributed by atoms with E-state index in [0.29, 0.717) is 18.8 Å². The molecule has 0 bridgehead atoms. The topological polar surface area (TPSA) is 79.5 Å². The van der Waals surface area contributed by atoms with Gasteiger partial charge in [0.05, 0.1) is 13.2 Å². The zero-order valence-corrected chi connectivity index (χ0v) is 13.7. The molecular weight excluding hydrogens is 351 g/mol. The van der Waals surface area contributed by atoms with Gasteiger partial charge in [-0.25, -0.2) is 0 Å². The molecule has 0 heterocycles. The third-order valence-corrected chi connectivity index (χ3v) is 2.65. The first-order valence-corrected chi connectivity index (χ1v) is 6.76. The van der Waals surface area contributed by atoms with Gasteiger partial charge in [-0.1, -0.05) is 0 Å².